The number of primary amides is 1. The lowest BCUT2D eigenvalue weighted by atomic mass is 9.88. The van der Waals surface area contributed by atoms with E-state index in [-0.39, 0.29) is 17.9 Å². The molecule has 1 unspecified atom stereocenters. The van der Waals surface area contributed by atoms with Crippen LogP contribution in [-0.4, -0.2) is 47.3 Å². The van der Waals surface area contributed by atoms with Crippen LogP contribution in [-0.2, 0) is 4.79 Å². The van der Waals surface area contributed by atoms with Crippen molar-refractivity contribution in [2.75, 3.05) is 25.5 Å². The molecule has 0 radical (unpaired) electrons. The van der Waals surface area contributed by atoms with E-state index in [2.05, 4.69) is 9.88 Å². The van der Waals surface area contributed by atoms with Gasteiger partial charge in [0, 0.05) is 43.9 Å². The molecule has 1 aliphatic carbocycles. The Morgan fingerprint density at radius 1 is 1.03 bits per heavy atom. The number of hydrogen-bond donors (Lipinski definition) is 1. The van der Waals surface area contributed by atoms with Gasteiger partial charge in [0.1, 0.15) is 0 Å². The maximum atomic E-state index is 13.4. The van der Waals surface area contributed by atoms with Gasteiger partial charge in [0.2, 0.25) is 17.8 Å². The minimum atomic E-state index is -0.453. The summed E-state index contributed by atoms with van der Waals surface area (Å²) in [5, 5.41) is 0. The van der Waals surface area contributed by atoms with E-state index in [1.807, 2.05) is 37.3 Å². The maximum absolute atomic E-state index is 13.4. The molecule has 1 atom stereocenters. The molecule has 7 nitrogen and oxygen atoms in total. The molecule has 1 aliphatic heterocycles. The summed E-state index contributed by atoms with van der Waals surface area (Å²) >= 11 is 0. The van der Waals surface area contributed by atoms with E-state index in [9.17, 15) is 9.59 Å². The van der Waals surface area contributed by atoms with Crippen molar-refractivity contribution in [3.8, 4) is 11.1 Å². The lowest BCUT2D eigenvalue weighted by Gasteiger charge is -2.31. The van der Waals surface area contributed by atoms with E-state index < -0.39 is 5.91 Å². The largest absolute Gasteiger partial charge is 0.366 e. The lowest BCUT2D eigenvalue weighted by Crippen LogP contribution is -2.37. The fraction of sp³-hybridized carbons (Fsp3) is 0.500. The Bertz CT molecular complexity index is 951. The molecule has 2 N–H and O–H groups in total. The molecule has 1 saturated heterocycles. The summed E-state index contributed by atoms with van der Waals surface area (Å²) in [7, 11) is 3.83. The summed E-state index contributed by atoms with van der Waals surface area (Å²) in [6.07, 6.45) is 9.22. The minimum Gasteiger partial charge on any atom is -0.366 e. The van der Waals surface area contributed by atoms with Crippen molar-refractivity contribution in [2.24, 2.45) is 11.7 Å². The summed E-state index contributed by atoms with van der Waals surface area (Å²) in [5.41, 5.74) is 8.56. The Morgan fingerprint density at radius 2 is 1.74 bits per heavy atom. The Morgan fingerprint density at radius 3 is 2.39 bits per heavy atom. The molecule has 7 heteroatoms. The van der Waals surface area contributed by atoms with Gasteiger partial charge in [-0.3, -0.25) is 9.59 Å². The standard InChI is InChI=1S/C24H31N5O2/c1-28(2)24-26-15-19(16-10-12-17(13-11-16)22(25)30)21(27-24)20-9-6-14-29(20)23(31)18-7-4-3-5-8-18/h10-13,15,18,20H,3-9,14H2,1-2H3,(H2,25,30). The Hall–Kier alpha value is -2.96. The van der Waals surface area contributed by atoms with Gasteiger partial charge in [-0.2, -0.15) is 0 Å². The molecule has 31 heavy (non-hydrogen) atoms. The van der Waals surface area contributed by atoms with Crippen molar-refractivity contribution < 1.29 is 9.59 Å². The molecule has 2 aromatic rings. The number of nitrogens with zero attached hydrogens (tertiary/aromatic N) is 4. The number of amides is 2. The maximum Gasteiger partial charge on any atom is 0.248 e. The molecule has 0 spiro atoms. The van der Waals surface area contributed by atoms with Gasteiger partial charge >= 0.3 is 0 Å². The Kier molecular flexibility index (Phi) is 6.20. The van der Waals surface area contributed by atoms with Gasteiger partial charge < -0.3 is 15.5 Å². The van der Waals surface area contributed by atoms with Crippen LogP contribution in [0.25, 0.3) is 11.1 Å². The van der Waals surface area contributed by atoms with E-state index >= 15 is 0 Å². The number of carbonyl (C=O) groups is 2. The molecular weight excluding hydrogens is 390 g/mol. The van der Waals surface area contributed by atoms with E-state index in [0.717, 1.165) is 61.9 Å². The van der Waals surface area contributed by atoms with Crippen molar-refractivity contribution >= 4 is 17.8 Å². The van der Waals surface area contributed by atoms with Crippen LogP contribution < -0.4 is 10.6 Å². The second-order valence-corrected chi connectivity index (χ2v) is 8.83. The van der Waals surface area contributed by atoms with Crippen LogP contribution in [0, 0.1) is 5.92 Å². The molecule has 2 amide bonds. The number of carbonyl (C=O) groups excluding carboxylic acids is 2. The van der Waals surface area contributed by atoms with Crippen LogP contribution >= 0.6 is 0 Å². The average Bonchev–Trinajstić information content (AvgIpc) is 3.28. The van der Waals surface area contributed by atoms with Crippen LogP contribution in [0.5, 0.6) is 0 Å². The Labute approximate surface area is 183 Å². The van der Waals surface area contributed by atoms with Crippen molar-refractivity contribution in [3.63, 3.8) is 0 Å². The van der Waals surface area contributed by atoms with Gasteiger partial charge in [0.05, 0.1) is 11.7 Å². The highest BCUT2D eigenvalue weighted by Crippen LogP contribution is 2.39. The highest BCUT2D eigenvalue weighted by Gasteiger charge is 2.36. The van der Waals surface area contributed by atoms with Crippen LogP contribution in [0.3, 0.4) is 0 Å². The summed E-state index contributed by atoms with van der Waals surface area (Å²) in [6, 6.07) is 7.14. The molecule has 2 fully saturated rings. The molecule has 2 aliphatic rings. The van der Waals surface area contributed by atoms with Gasteiger partial charge in [0.25, 0.3) is 0 Å². The number of likely N-dealkylation sites (tertiary alicyclic amines) is 1. The van der Waals surface area contributed by atoms with Gasteiger partial charge in [-0.15, -0.1) is 0 Å². The molecule has 2 heterocycles. The van der Waals surface area contributed by atoms with Crippen molar-refractivity contribution in [2.45, 2.75) is 51.0 Å². The monoisotopic (exact) mass is 421 g/mol. The quantitative estimate of drug-likeness (QED) is 0.797. The van der Waals surface area contributed by atoms with E-state index in [1.165, 1.54) is 6.42 Å². The van der Waals surface area contributed by atoms with Gasteiger partial charge in [-0.05, 0) is 43.4 Å². The minimum absolute atomic E-state index is 0.0538. The molecule has 1 saturated carbocycles. The van der Waals surface area contributed by atoms with Crippen LogP contribution in [0.2, 0.25) is 0 Å². The third-order valence-electron chi connectivity index (χ3n) is 6.49. The highest BCUT2D eigenvalue weighted by molar-refractivity contribution is 5.93. The van der Waals surface area contributed by atoms with Crippen LogP contribution in [0.1, 0.15) is 67.0 Å². The van der Waals surface area contributed by atoms with Gasteiger partial charge in [-0.1, -0.05) is 31.4 Å². The SMILES string of the molecule is CN(C)c1ncc(-c2ccc(C(N)=O)cc2)c(C2CCCN2C(=O)C2CCCCC2)n1. The number of hydrogen-bond acceptors (Lipinski definition) is 5. The van der Waals surface area contributed by atoms with Crippen LogP contribution in [0.4, 0.5) is 5.95 Å². The lowest BCUT2D eigenvalue weighted by molar-refractivity contribution is -0.137. The second kappa shape index (κ2) is 9.04. The van der Waals surface area contributed by atoms with Crippen LogP contribution in [0.15, 0.2) is 30.5 Å². The first-order valence-electron chi connectivity index (χ1n) is 11.2. The smallest absolute Gasteiger partial charge is 0.248 e. The fourth-order valence-corrected chi connectivity index (χ4v) is 4.79. The zero-order chi connectivity index (χ0) is 22.0. The number of aromatic nitrogens is 2. The van der Waals surface area contributed by atoms with E-state index in [0.29, 0.717) is 11.5 Å². The third kappa shape index (κ3) is 4.40. The first-order chi connectivity index (χ1) is 15.0. The molecule has 0 bridgehead atoms. The van der Waals surface area contributed by atoms with Crippen molar-refractivity contribution in [1.82, 2.24) is 14.9 Å². The molecule has 1 aromatic carbocycles. The summed E-state index contributed by atoms with van der Waals surface area (Å²) < 4.78 is 0. The number of nitrogens with two attached hydrogens (primary N) is 1. The second-order valence-electron chi connectivity index (χ2n) is 8.83. The predicted molar refractivity (Wildman–Crippen MR) is 121 cm³/mol. The van der Waals surface area contributed by atoms with E-state index in [4.69, 9.17) is 10.7 Å². The number of rotatable bonds is 5. The zero-order valence-electron chi connectivity index (χ0n) is 18.4. The summed E-state index contributed by atoms with van der Waals surface area (Å²) in [5.74, 6) is 0.598. The van der Waals surface area contributed by atoms with Gasteiger partial charge in [0.15, 0.2) is 0 Å². The van der Waals surface area contributed by atoms with E-state index in [1.54, 1.807) is 12.1 Å². The summed E-state index contributed by atoms with van der Waals surface area (Å²) in [4.78, 5) is 38.2. The van der Waals surface area contributed by atoms with Crippen molar-refractivity contribution in [1.29, 1.82) is 0 Å². The first kappa shape index (κ1) is 21.3. The van der Waals surface area contributed by atoms with Gasteiger partial charge in [-0.25, -0.2) is 9.97 Å². The average molecular weight is 422 g/mol. The number of benzene rings is 1. The zero-order valence-corrected chi connectivity index (χ0v) is 18.4. The molecule has 1 aromatic heterocycles. The molecule has 164 valence electrons. The first-order valence-corrected chi connectivity index (χ1v) is 11.2. The molecule has 4 rings (SSSR count). The number of anilines is 1. The normalized spacial score (nSPS) is 19.4. The fourth-order valence-electron chi connectivity index (χ4n) is 4.79. The van der Waals surface area contributed by atoms with Crippen molar-refractivity contribution in [3.05, 3.63) is 41.7 Å². The highest BCUT2D eigenvalue weighted by atomic mass is 16.2. The third-order valence-corrected chi connectivity index (χ3v) is 6.49. The topological polar surface area (TPSA) is 92.4 Å². The Balaban J connectivity index is 1.71. The predicted octanol–water partition coefficient (Wildman–Crippen LogP) is 3.55. The summed E-state index contributed by atoms with van der Waals surface area (Å²) in [6.45, 7) is 0.779. The molecular formula is C24H31N5O2.